The number of hydrogen-bond acceptors (Lipinski definition) is 4. The van der Waals surface area contributed by atoms with Gasteiger partial charge in [-0.15, -0.1) is 11.3 Å². The lowest BCUT2D eigenvalue weighted by molar-refractivity contribution is 0.197. The molecule has 0 aliphatic rings. The van der Waals surface area contributed by atoms with Crippen molar-refractivity contribution in [3.05, 3.63) is 52.5 Å². The molecule has 102 valence electrons. The third kappa shape index (κ3) is 4.13. The van der Waals surface area contributed by atoms with Crippen molar-refractivity contribution in [3.8, 4) is 0 Å². The summed E-state index contributed by atoms with van der Waals surface area (Å²) >= 11 is 1.65. The van der Waals surface area contributed by atoms with Gasteiger partial charge in [0.1, 0.15) is 0 Å². The molecule has 1 heterocycles. The van der Waals surface area contributed by atoms with E-state index < -0.39 is 0 Å². The molecule has 0 fully saturated rings. The predicted molar refractivity (Wildman–Crippen MR) is 81.1 cm³/mol. The molecule has 2 N–H and O–H groups in total. The Hall–Kier alpha value is -1.23. The van der Waals surface area contributed by atoms with E-state index in [0.717, 1.165) is 31.7 Å². The van der Waals surface area contributed by atoms with E-state index in [1.807, 2.05) is 5.51 Å². The molecule has 1 aromatic heterocycles. The van der Waals surface area contributed by atoms with E-state index in [1.165, 1.54) is 5.56 Å². The Labute approximate surface area is 119 Å². The Balaban J connectivity index is 2.07. The summed E-state index contributed by atoms with van der Waals surface area (Å²) in [6.07, 6.45) is 1.02. The molecule has 0 saturated carbocycles. The highest BCUT2D eigenvalue weighted by Gasteiger charge is 2.17. The number of benzene rings is 1. The maximum atomic E-state index is 5.65. The third-order valence-corrected chi connectivity index (χ3v) is 3.91. The summed E-state index contributed by atoms with van der Waals surface area (Å²) in [5.41, 5.74) is 10.0. The molecule has 0 spiro atoms. The van der Waals surface area contributed by atoms with Gasteiger partial charge in [0.25, 0.3) is 0 Å². The van der Waals surface area contributed by atoms with E-state index >= 15 is 0 Å². The van der Waals surface area contributed by atoms with Crippen LogP contribution in [0.1, 0.15) is 30.6 Å². The minimum absolute atomic E-state index is 0.331. The van der Waals surface area contributed by atoms with Crippen molar-refractivity contribution in [2.45, 2.75) is 25.9 Å². The Morgan fingerprint density at radius 3 is 2.74 bits per heavy atom. The molecule has 3 nitrogen and oxygen atoms in total. The highest BCUT2D eigenvalue weighted by atomic mass is 32.1. The van der Waals surface area contributed by atoms with Crippen LogP contribution in [0.25, 0.3) is 0 Å². The van der Waals surface area contributed by atoms with Gasteiger partial charge in [-0.05, 0) is 25.5 Å². The second kappa shape index (κ2) is 7.38. The fourth-order valence-corrected chi connectivity index (χ4v) is 2.78. The molecule has 0 aliphatic heterocycles. The normalized spacial score (nSPS) is 12.8. The lowest BCUT2D eigenvalue weighted by Crippen LogP contribution is -2.29. The van der Waals surface area contributed by atoms with Crippen LogP contribution < -0.4 is 5.73 Å². The quantitative estimate of drug-likeness (QED) is 0.844. The summed E-state index contributed by atoms with van der Waals surface area (Å²) in [4.78, 5) is 6.87. The molecule has 0 saturated heterocycles. The maximum Gasteiger partial charge on any atom is 0.0795 e. The monoisotopic (exact) mass is 275 g/mol. The lowest BCUT2D eigenvalue weighted by Gasteiger charge is -2.28. The van der Waals surface area contributed by atoms with E-state index in [4.69, 9.17) is 5.73 Å². The summed E-state index contributed by atoms with van der Waals surface area (Å²) in [7, 11) is 0. The van der Waals surface area contributed by atoms with E-state index in [9.17, 15) is 0 Å². The van der Waals surface area contributed by atoms with Gasteiger partial charge < -0.3 is 5.73 Å². The average molecular weight is 275 g/mol. The summed E-state index contributed by atoms with van der Waals surface area (Å²) in [6.45, 7) is 4.90. The third-order valence-electron chi connectivity index (χ3n) is 3.31. The Kier molecular flexibility index (Phi) is 5.51. The number of hydrogen-bond donors (Lipinski definition) is 1. The molecule has 0 aliphatic carbocycles. The van der Waals surface area contributed by atoms with Gasteiger partial charge in [-0.1, -0.05) is 30.3 Å². The molecule has 2 rings (SSSR count). The van der Waals surface area contributed by atoms with E-state index in [-0.39, 0.29) is 0 Å². The predicted octanol–water partition coefficient (Wildman–Crippen LogP) is 3.06. The minimum atomic E-state index is 0.331. The zero-order chi connectivity index (χ0) is 13.5. The Morgan fingerprint density at radius 2 is 2.11 bits per heavy atom. The first-order valence-electron chi connectivity index (χ1n) is 6.67. The largest absolute Gasteiger partial charge is 0.330 e. The zero-order valence-electron chi connectivity index (χ0n) is 11.3. The van der Waals surface area contributed by atoms with Crippen LogP contribution in [-0.4, -0.2) is 23.0 Å². The van der Waals surface area contributed by atoms with Gasteiger partial charge >= 0.3 is 0 Å². The first-order chi connectivity index (χ1) is 9.31. The molecule has 0 radical (unpaired) electrons. The molecule has 19 heavy (non-hydrogen) atoms. The smallest absolute Gasteiger partial charge is 0.0795 e. The molecular weight excluding hydrogens is 254 g/mol. The van der Waals surface area contributed by atoms with Gasteiger partial charge in [0.05, 0.1) is 17.2 Å². The van der Waals surface area contributed by atoms with Crippen LogP contribution in [-0.2, 0) is 6.54 Å². The average Bonchev–Trinajstić information content (AvgIpc) is 2.98. The van der Waals surface area contributed by atoms with Crippen molar-refractivity contribution in [3.63, 3.8) is 0 Å². The standard InChI is InChI=1S/C15H21N3S/c1-13(15-11-19-12-17-15)18(9-5-8-16)10-14-6-3-2-4-7-14/h2-4,6-7,11-13H,5,8-10,16H2,1H3. The second-order valence-corrected chi connectivity index (χ2v) is 5.41. The van der Waals surface area contributed by atoms with Crippen LogP contribution in [0.15, 0.2) is 41.2 Å². The first-order valence-corrected chi connectivity index (χ1v) is 7.61. The molecule has 0 amide bonds. The summed E-state index contributed by atoms with van der Waals surface area (Å²) in [6, 6.07) is 10.9. The van der Waals surface area contributed by atoms with E-state index in [2.05, 4.69) is 52.5 Å². The van der Waals surface area contributed by atoms with Gasteiger partial charge in [0.2, 0.25) is 0 Å². The SMILES string of the molecule is CC(c1cscn1)N(CCCN)Cc1ccccc1. The number of thiazole rings is 1. The number of nitrogens with zero attached hydrogens (tertiary/aromatic N) is 2. The van der Waals surface area contributed by atoms with Crippen LogP contribution in [0.2, 0.25) is 0 Å². The van der Waals surface area contributed by atoms with Crippen molar-refractivity contribution in [1.29, 1.82) is 0 Å². The second-order valence-electron chi connectivity index (χ2n) is 4.69. The summed E-state index contributed by atoms with van der Waals surface area (Å²) in [5.74, 6) is 0. The number of nitrogens with two attached hydrogens (primary N) is 1. The van der Waals surface area contributed by atoms with Crippen LogP contribution in [0.3, 0.4) is 0 Å². The fraction of sp³-hybridized carbons (Fsp3) is 0.400. The van der Waals surface area contributed by atoms with Gasteiger partial charge in [-0.25, -0.2) is 4.98 Å². The fourth-order valence-electron chi connectivity index (χ4n) is 2.14. The molecule has 2 aromatic rings. The van der Waals surface area contributed by atoms with Crippen LogP contribution >= 0.6 is 11.3 Å². The van der Waals surface area contributed by atoms with E-state index in [1.54, 1.807) is 11.3 Å². The highest BCUT2D eigenvalue weighted by Crippen LogP contribution is 2.22. The minimum Gasteiger partial charge on any atom is -0.330 e. The van der Waals surface area contributed by atoms with Crippen molar-refractivity contribution in [2.75, 3.05) is 13.1 Å². The molecule has 4 heteroatoms. The van der Waals surface area contributed by atoms with Crippen molar-refractivity contribution in [1.82, 2.24) is 9.88 Å². The van der Waals surface area contributed by atoms with Crippen LogP contribution in [0.4, 0.5) is 0 Å². The summed E-state index contributed by atoms with van der Waals surface area (Å²) in [5, 5.41) is 2.13. The lowest BCUT2D eigenvalue weighted by atomic mass is 10.1. The van der Waals surface area contributed by atoms with Gasteiger partial charge in [-0.2, -0.15) is 0 Å². The Morgan fingerprint density at radius 1 is 1.32 bits per heavy atom. The number of rotatable bonds is 7. The molecule has 0 bridgehead atoms. The van der Waals surface area contributed by atoms with Gasteiger partial charge in [0, 0.05) is 18.5 Å². The van der Waals surface area contributed by atoms with E-state index in [0.29, 0.717) is 6.04 Å². The molecular formula is C15H21N3S. The summed E-state index contributed by atoms with van der Waals surface area (Å²) < 4.78 is 0. The topological polar surface area (TPSA) is 42.2 Å². The van der Waals surface area contributed by atoms with Gasteiger partial charge in [-0.3, -0.25) is 4.90 Å². The maximum absolute atomic E-state index is 5.65. The van der Waals surface area contributed by atoms with Crippen LogP contribution in [0, 0.1) is 0 Å². The van der Waals surface area contributed by atoms with Crippen molar-refractivity contribution in [2.24, 2.45) is 5.73 Å². The van der Waals surface area contributed by atoms with Gasteiger partial charge in [0.15, 0.2) is 0 Å². The number of aromatic nitrogens is 1. The van der Waals surface area contributed by atoms with Crippen LogP contribution in [0.5, 0.6) is 0 Å². The Bertz CT molecular complexity index is 456. The highest BCUT2D eigenvalue weighted by molar-refractivity contribution is 7.07. The first kappa shape index (κ1) is 14.2. The van der Waals surface area contributed by atoms with Crippen molar-refractivity contribution >= 4 is 11.3 Å². The molecule has 1 unspecified atom stereocenters. The molecule has 1 aromatic carbocycles. The van der Waals surface area contributed by atoms with Crippen molar-refractivity contribution < 1.29 is 0 Å². The molecule has 1 atom stereocenters. The zero-order valence-corrected chi connectivity index (χ0v) is 12.1.